The minimum absolute atomic E-state index is 1.12. The highest BCUT2D eigenvalue weighted by Gasteiger charge is 2.05. The molecule has 0 amide bonds. The zero-order valence-corrected chi connectivity index (χ0v) is 14.0. The standard InChI is InChI=1S/C18H13Br.C2H6/c19-18-12-11-16(14-7-3-1-4-8-14)13-17(18)15-9-5-2-6-10-15;1-2/h1-13H;1-2H3. The molecular weight excluding hydrogens is 320 g/mol. The van der Waals surface area contributed by atoms with Crippen molar-refractivity contribution in [2.45, 2.75) is 13.8 Å². The van der Waals surface area contributed by atoms with Gasteiger partial charge in [0.15, 0.2) is 0 Å². The molecule has 0 spiro atoms. The number of hydrogen-bond donors (Lipinski definition) is 0. The van der Waals surface area contributed by atoms with Gasteiger partial charge in [-0.2, -0.15) is 0 Å². The van der Waals surface area contributed by atoms with Crippen molar-refractivity contribution in [3.8, 4) is 22.3 Å². The summed E-state index contributed by atoms with van der Waals surface area (Å²) in [6.07, 6.45) is 0. The largest absolute Gasteiger partial charge is 0.0683 e. The monoisotopic (exact) mass is 338 g/mol. The molecule has 106 valence electrons. The first-order valence-electron chi connectivity index (χ1n) is 7.25. The molecule has 0 saturated heterocycles. The van der Waals surface area contributed by atoms with Gasteiger partial charge in [-0.1, -0.05) is 96.5 Å². The van der Waals surface area contributed by atoms with Crippen LogP contribution in [0.1, 0.15) is 13.8 Å². The third-order valence-corrected chi connectivity index (χ3v) is 3.85. The Hall–Kier alpha value is -1.86. The Morgan fingerprint density at radius 2 is 1.10 bits per heavy atom. The van der Waals surface area contributed by atoms with Crippen LogP contribution in [0.2, 0.25) is 0 Å². The van der Waals surface area contributed by atoms with Crippen molar-refractivity contribution >= 4 is 15.9 Å². The predicted octanol–water partition coefficient (Wildman–Crippen LogP) is 6.81. The second kappa shape index (κ2) is 7.80. The van der Waals surface area contributed by atoms with Crippen LogP contribution < -0.4 is 0 Å². The fourth-order valence-electron chi connectivity index (χ4n) is 2.17. The average molecular weight is 339 g/mol. The maximum absolute atomic E-state index is 3.64. The van der Waals surface area contributed by atoms with Crippen LogP contribution in [0.5, 0.6) is 0 Å². The van der Waals surface area contributed by atoms with Gasteiger partial charge in [-0.3, -0.25) is 0 Å². The quantitative estimate of drug-likeness (QED) is 0.481. The molecule has 0 atom stereocenters. The Bertz CT molecular complexity index is 673. The lowest BCUT2D eigenvalue weighted by molar-refractivity contribution is 1.50. The molecule has 3 aromatic carbocycles. The Morgan fingerprint density at radius 1 is 0.571 bits per heavy atom. The summed E-state index contributed by atoms with van der Waals surface area (Å²) >= 11 is 3.64. The summed E-state index contributed by atoms with van der Waals surface area (Å²) in [5.41, 5.74) is 4.93. The van der Waals surface area contributed by atoms with Crippen molar-refractivity contribution in [2.75, 3.05) is 0 Å². The van der Waals surface area contributed by atoms with Crippen molar-refractivity contribution in [1.82, 2.24) is 0 Å². The van der Waals surface area contributed by atoms with Crippen molar-refractivity contribution < 1.29 is 0 Å². The van der Waals surface area contributed by atoms with Gasteiger partial charge in [0.1, 0.15) is 0 Å². The Morgan fingerprint density at radius 3 is 1.67 bits per heavy atom. The molecule has 3 aromatic rings. The van der Waals surface area contributed by atoms with E-state index in [1.807, 2.05) is 26.0 Å². The second-order valence-corrected chi connectivity index (χ2v) is 5.28. The molecule has 0 aliphatic rings. The summed E-state index contributed by atoms with van der Waals surface area (Å²) in [4.78, 5) is 0. The van der Waals surface area contributed by atoms with E-state index in [4.69, 9.17) is 0 Å². The van der Waals surface area contributed by atoms with E-state index < -0.39 is 0 Å². The first-order valence-corrected chi connectivity index (χ1v) is 8.04. The normalized spacial score (nSPS) is 9.67. The number of halogens is 1. The van der Waals surface area contributed by atoms with Gasteiger partial charge in [0.25, 0.3) is 0 Å². The molecule has 0 nitrogen and oxygen atoms in total. The van der Waals surface area contributed by atoms with Gasteiger partial charge in [-0.25, -0.2) is 0 Å². The van der Waals surface area contributed by atoms with Crippen molar-refractivity contribution in [3.05, 3.63) is 83.3 Å². The molecule has 0 bridgehead atoms. The lowest BCUT2D eigenvalue weighted by Gasteiger charge is -2.08. The molecule has 0 N–H and O–H groups in total. The molecule has 0 radical (unpaired) electrons. The zero-order chi connectivity index (χ0) is 15.1. The molecule has 0 fully saturated rings. The van der Waals surface area contributed by atoms with Gasteiger partial charge < -0.3 is 0 Å². The van der Waals surface area contributed by atoms with Crippen LogP contribution in [0.25, 0.3) is 22.3 Å². The predicted molar refractivity (Wildman–Crippen MR) is 96.4 cm³/mol. The van der Waals surface area contributed by atoms with E-state index in [-0.39, 0.29) is 0 Å². The molecule has 0 heterocycles. The summed E-state index contributed by atoms with van der Waals surface area (Å²) in [6, 6.07) is 27.4. The SMILES string of the molecule is Brc1ccc(-c2ccccc2)cc1-c1ccccc1.CC. The van der Waals surface area contributed by atoms with E-state index in [1.165, 1.54) is 22.3 Å². The number of benzene rings is 3. The van der Waals surface area contributed by atoms with Crippen molar-refractivity contribution in [1.29, 1.82) is 0 Å². The smallest absolute Gasteiger partial charge is 0.0254 e. The van der Waals surface area contributed by atoms with E-state index in [1.54, 1.807) is 0 Å². The van der Waals surface area contributed by atoms with E-state index in [9.17, 15) is 0 Å². The highest BCUT2D eigenvalue weighted by Crippen LogP contribution is 2.32. The highest BCUT2D eigenvalue weighted by atomic mass is 79.9. The number of rotatable bonds is 2. The van der Waals surface area contributed by atoms with Crippen LogP contribution in [0.15, 0.2) is 83.3 Å². The molecule has 0 aromatic heterocycles. The zero-order valence-electron chi connectivity index (χ0n) is 12.4. The van der Waals surface area contributed by atoms with E-state index in [2.05, 4.69) is 82.7 Å². The number of hydrogen-bond acceptors (Lipinski definition) is 0. The maximum atomic E-state index is 3.64. The molecular formula is C20H19Br. The van der Waals surface area contributed by atoms with Crippen LogP contribution in [-0.2, 0) is 0 Å². The summed E-state index contributed by atoms with van der Waals surface area (Å²) < 4.78 is 1.12. The molecule has 1 heteroatoms. The lowest BCUT2D eigenvalue weighted by atomic mass is 9.99. The first kappa shape index (κ1) is 15.5. The lowest BCUT2D eigenvalue weighted by Crippen LogP contribution is -1.83. The Labute approximate surface area is 135 Å². The van der Waals surface area contributed by atoms with Gasteiger partial charge >= 0.3 is 0 Å². The van der Waals surface area contributed by atoms with Crippen LogP contribution in [0, 0.1) is 0 Å². The summed E-state index contributed by atoms with van der Waals surface area (Å²) in [7, 11) is 0. The average Bonchev–Trinajstić information content (AvgIpc) is 2.59. The van der Waals surface area contributed by atoms with Crippen LogP contribution in [0.4, 0.5) is 0 Å². The third-order valence-electron chi connectivity index (χ3n) is 3.16. The molecule has 0 aliphatic carbocycles. The maximum Gasteiger partial charge on any atom is 0.0254 e. The highest BCUT2D eigenvalue weighted by molar-refractivity contribution is 9.10. The summed E-state index contributed by atoms with van der Waals surface area (Å²) in [5.74, 6) is 0. The fourth-order valence-corrected chi connectivity index (χ4v) is 2.65. The fraction of sp³-hybridized carbons (Fsp3) is 0.100. The molecule has 0 unspecified atom stereocenters. The van der Waals surface area contributed by atoms with Crippen molar-refractivity contribution in [2.24, 2.45) is 0 Å². The molecule has 21 heavy (non-hydrogen) atoms. The minimum atomic E-state index is 1.12. The minimum Gasteiger partial charge on any atom is -0.0683 e. The summed E-state index contributed by atoms with van der Waals surface area (Å²) in [6.45, 7) is 4.00. The third kappa shape index (κ3) is 3.83. The van der Waals surface area contributed by atoms with Gasteiger partial charge in [0.05, 0.1) is 0 Å². The Balaban J connectivity index is 0.000000774. The van der Waals surface area contributed by atoms with Crippen molar-refractivity contribution in [3.63, 3.8) is 0 Å². The van der Waals surface area contributed by atoms with Gasteiger partial charge in [-0.15, -0.1) is 0 Å². The van der Waals surface area contributed by atoms with Crippen LogP contribution >= 0.6 is 15.9 Å². The van der Waals surface area contributed by atoms with E-state index in [0.29, 0.717) is 0 Å². The molecule has 0 saturated carbocycles. The first-order chi connectivity index (χ1) is 10.3. The van der Waals surface area contributed by atoms with E-state index in [0.717, 1.165) is 4.47 Å². The van der Waals surface area contributed by atoms with Gasteiger partial charge in [0.2, 0.25) is 0 Å². The van der Waals surface area contributed by atoms with Crippen LogP contribution in [-0.4, -0.2) is 0 Å². The van der Waals surface area contributed by atoms with E-state index >= 15 is 0 Å². The van der Waals surface area contributed by atoms with Crippen LogP contribution in [0.3, 0.4) is 0 Å². The second-order valence-electron chi connectivity index (χ2n) is 4.43. The Kier molecular flexibility index (Phi) is 5.77. The topological polar surface area (TPSA) is 0 Å². The van der Waals surface area contributed by atoms with Gasteiger partial charge in [0, 0.05) is 4.47 Å². The summed E-state index contributed by atoms with van der Waals surface area (Å²) in [5, 5.41) is 0. The molecule has 0 aliphatic heterocycles. The molecule has 3 rings (SSSR count). The van der Waals surface area contributed by atoms with Gasteiger partial charge in [-0.05, 0) is 34.4 Å².